The lowest BCUT2D eigenvalue weighted by Crippen LogP contribution is -2.29. The lowest BCUT2D eigenvalue weighted by atomic mass is 9.66. The van der Waals surface area contributed by atoms with Crippen molar-refractivity contribution in [2.45, 2.75) is 5.41 Å². The summed E-state index contributed by atoms with van der Waals surface area (Å²) in [7, 11) is 0. The number of benzene rings is 10. The molecule has 0 bridgehead atoms. The predicted molar refractivity (Wildman–Crippen MR) is 261 cm³/mol. The van der Waals surface area contributed by atoms with Crippen molar-refractivity contribution in [3.05, 3.63) is 259 Å². The van der Waals surface area contributed by atoms with Crippen LogP contribution in [-0.4, -0.2) is 0 Å². The molecule has 294 valence electrons. The third-order valence-electron chi connectivity index (χ3n) is 13.5. The van der Waals surface area contributed by atoms with Gasteiger partial charge in [-0.1, -0.05) is 200 Å². The van der Waals surface area contributed by atoms with E-state index in [2.05, 4.69) is 235 Å². The van der Waals surface area contributed by atoms with Crippen molar-refractivity contribution in [3.63, 3.8) is 0 Å². The fraction of sp³-hybridized carbons (Fsp3) is 0.0164. The zero-order valence-electron chi connectivity index (χ0n) is 34.4. The van der Waals surface area contributed by atoms with E-state index in [-0.39, 0.29) is 0 Å². The fourth-order valence-corrected chi connectivity index (χ4v) is 10.9. The number of para-hydroxylation sites is 3. The average molecular weight is 802 g/mol. The number of furan rings is 1. The van der Waals surface area contributed by atoms with Crippen molar-refractivity contribution < 1.29 is 4.42 Å². The van der Waals surface area contributed by atoms with Crippen molar-refractivity contribution >= 4 is 39.0 Å². The maximum atomic E-state index is 6.52. The van der Waals surface area contributed by atoms with Crippen LogP contribution in [0.2, 0.25) is 0 Å². The van der Waals surface area contributed by atoms with Crippen LogP contribution in [0.5, 0.6) is 0 Å². The van der Waals surface area contributed by atoms with Gasteiger partial charge in [0.15, 0.2) is 0 Å². The maximum absolute atomic E-state index is 6.52. The van der Waals surface area contributed by atoms with Crippen LogP contribution < -0.4 is 4.90 Å². The highest BCUT2D eigenvalue weighted by Gasteiger charge is 2.49. The van der Waals surface area contributed by atoms with E-state index in [1.165, 1.54) is 61.2 Å². The molecule has 0 amide bonds. The summed E-state index contributed by atoms with van der Waals surface area (Å²) in [5.41, 5.74) is 21.7. The summed E-state index contributed by atoms with van der Waals surface area (Å²) in [6, 6.07) is 86.8. The van der Waals surface area contributed by atoms with Crippen molar-refractivity contribution in [1.29, 1.82) is 0 Å². The summed E-state index contributed by atoms with van der Waals surface area (Å²) >= 11 is 0. The number of hydrogen-bond acceptors (Lipinski definition) is 2. The van der Waals surface area contributed by atoms with Gasteiger partial charge in [0.05, 0.1) is 11.1 Å². The van der Waals surface area contributed by atoms with E-state index in [4.69, 9.17) is 4.42 Å². The van der Waals surface area contributed by atoms with E-state index >= 15 is 0 Å². The van der Waals surface area contributed by atoms with Crippen molar-refractivity contribution in [2.75, 3.05) is 4.90 Å². The highest BCUT2D eigenvalue weighted by molar-refractivity contribution is 6.09. The minimum atomic E-state index is -0.589. The maximum Gasteiger partial charge on any atom is 0.143 e. The molecule has 0 radical (unpaired) electrons. The monoisotopic (exact) mass is 801 g/mol. The summed E-state index contributed by atoms with van der Waals surface area (Å²) in [5.74, 6) is 0. The molecule has 2 aliphatic rings. The Morgan fingerprint density at radius 3 is 1.46 bits per heavy atom. The highest BCUT2D eigenvalue weighted by Crippen LogP contribution is 2.62. The quantitative estimate of drug-likeness (QED) is 0.172. The number of hydrogen-bond donors (Lipinski definition) is 0. The molecule has 0 fully saturated rings. The molecule has 1 spiro atoms. The van der Waals surface area contributed by atoms with Gasteiger partial charge in [-0.05, 0) is 103 Å². The first-order valence-electron chi connectivity index (χ1n) is 21.8. The lowest BCUT2D eigenvalue weighted by Gasteiger charge is -2.36. The first-order valence-corrected chi connectivity index (χ1v) is 21.8. The van der Waals surface area contributed by atoms with Gasteiger partial charge in [-0.15, -0.1) is 0 Å². The molecule has 2 heteroatoms. The minimum Gasteiger partial charge on any atom is -0.455 e. The number of fused-ring (bicyclic) bond motifs is 15. The summed E-state index contributed by atoms with van der Waals surface area (Å²) in [5, 5.41) is 2.26. The Hall–Kier alpha value is -8.20. The Kier molecular flexibility index (Phi) is 7.85. The molecule has 2 nitrogen and oxygen atoms in total. The number of nitrogens with zero attached hydrogens (tertiary/aromatic N) is 1. The molecule has 0 unspecified atom stereocenters. The standard InChI is InChI=1S/C61H39NO/c1-2-17-40(18-3-1)44-19-9-14-31-58(44)62(42-35-33-41(34-36-42)45-26-16-27-53-52-25-10-15-32-59(52)63-60(45)53)43-37-38-51-47-21-5-4-20-46(47)48-22-6-11-28-54(48)61(57(51)39-43)55-29-12-7-23-49(55)50-24-8-13-30-56(50)61/h1-39H. The van der Waals surface area contributed by atoms with E-state index < -0.39 is 5.41 Å². The molecule has 1 aromatic heterocycles. The van der Waals surface area contributed by atoms with Crippen LogP contribution in [0.4, 0.5) is 17.1 Å². The molecular formula is C61H39NO. The lowest BCUT2D eigenvalue weighted by molar-refractivity contribution is 0.670. The van der Waals surface area contributed by atoms with Crippen LogP contribution in [0, 0.1) is 0 Å². The predicted octanol–water partition coefficient (Wildman–Crippen LogP) is 16.4. The topological polar surface area (TPSA) is 16.4 Å². The van der Waals surface area contributed by atoms with Crippen LogP contribution in [0.15, 0.2) is 241 Å². The SMILES string of the molecule is c1ccc(-c2ccccc2N(c2ccc(-c3cccc4c3oc3ccccc34)cc2)c2ccc3c(c2)C2(c4ccccc4-c4ccccc4-3)c3ccccc3-c3ccccc32)cc1. The number of anilines is 3. The van der Waals surface area contributed by atoms with Crippen LogP contribution in [-0.2, 0) is 5.41 Å². The van der Waals surface area contributed by atoms with Crippen LogP contribution in [0.25, 0.3) is 77.6 Å². The molecule has 0 atom stereocenters. The summed E-state index contributed by atoms with van der Waals surface area (Å²) in [6.45, 7) is 0. The first-order chi connectivity index (χ1) is 31.3. The van der Waals surface area contributed by atoms with Gasteiger partial charge < -0.3 is 9.32 Å². The molecule has 2 aliphatic carbocycles. The van der Waals surface area contributed by atoms with E-state index in [1.54, 1.807) is 0 Å². The van der Waals surface area contributed by atoms with Crippen molar-refractivity contribution in [1.82, 2.24) is 0 Å². The third kappa shape index (κ3) is 5.19. The van der Waals surface area contributed by atoms with Crippen molar-refractivity contribution in [2.24, 2.45) is 0 Å². The average Bonchev–Trinajstić information content (AvgIpc) is 3.86. The third-order valence-corrected chi connectivity index (χ3v) is 13.5. The Bertz CT molecular complexity index is 3530. The Morgan fingerprint density at radius 1 is 0.302 bits per heavy atom. The molecule has 13 rings (SSSR count). The summed E-state index contributed by atoms with van der Waals surface area (Å²) in [4.78, 5) is 2.46. The second kappa shape index (κ2) is 13.9. The van der Waals surface area contributed by atoms with Crippen LogP contribution >= 0.6 is 0 Å². The molecule has 10 aromatic carbocycles. The van der Waals surface area contributed by atoms with E-state index in [0.29, 0.717) is 0 Å². The summed E-state index contributed by atoms with van der Waals surface area (Å²) < 4.78 is 6.52. The van der Waals surface area contributed by atoms with Gasteiger partial charge in [0.2, 0.25) is 0 Å². The van der Waals surface area contributed by atoms with E-state index in [9.17, 15) is 0 Å². The molecule has 0 N–H and O–H groups in total. The molecule has 0 saturated carbocycles. The van der Waals surface area contributed by atoms with Gasteiger partial charge in [-0.3, -0.25) is 0 Å². The van der Waals surface area contributed by atoms with Crippen molar-refractivity contribution in [3.8, 4) is 55.6 Å². The first kappa shape index (κ1) is 35.5. The van der Waals surface area contributed by atoms with Gasteiger partial charge >= 0.3 is 0 Å². The molecule has 0 aliphatic heterocycles. The fourth-order valence-electron chi connectivity index (χ4n) is 10.9. The van der Waals surface area contributed by atoms with E-state index in [0.717, 1.165) is 55.7 Å². The van der Waals surface area contributed by atoms with Gasteiger partial charge in [-0.2, -0.15) is 0 Å². The Morgan fingerprint density at radius 2 is 0.778 bits per heavy atom. The van der Waals surface area contributed by atoms with Gasteiger partial charge in [0, 0.05) is 33.3 Å². The van der Waals surface area contributed by atoms with Gasteiger partial charge in [-0.25, -0.2) is 0 Å². The Balaban J connectivity index is 1.08. The molecule has 63 heavy (non-hydrogen) atoms. The van der Waals surface area contributed by atoms with E-state index in [1.807, 2.05) is 6.07 Å². The normalized spacial score (nSPS) is 12.9. The van der Waals surface area contributed by atoms with Gasteiger partial charge in [0.1, 0.15) is 11.2 Å². The zero-order valence-corrected chi connectivity index (χ0v) is 34.4. The molecular weight excluding hydrogens is 763 g/mol. The Labute approximate surface area is 366 Å². The van der Waals surface area contributed by atoms with Gasteiger partial charge in [0.25, 0.3) is 0 Å². The molecule has 1 heterocycles. The smallest absolute Gasteiger partial charge is 0.143 e. The zero-order chi connectivity index (χ0) is 41.5. The molecule has 11 aromatic rings. The van der Waals surface area contributed by atoms with Crippen LogP contribution in [0.3, 0.4) is 0 Å². The van der Waals surface area contributed by atoms with Crippen LogP contribution in [0.1, 0.15) is 22.3 Å². The second-order valence-corrected chi connectivity index (χ2v) is 16.7. The minimum absolute atomic E-state index is 0.589. The largest absolute Gasteiger partial charge is 0.455 e. The second-order valence-electron chi connectivity index (χ2n) is 16.7. The number of rotatable bonds is 5. The summed E-state index contributed by atoms with van der Waals surface area (Å²) in [6.07, 6.45) is 0. The molecule has 0 saturated heterocycles. The highest BCUT2D eigenvalue weighted by atomic mass is 16.3.